The van der Waals surface area contributed by atoms with Crippen molar-refractivity contribution in [2.45, 2.75) is 33.0 Å². The molecule has 1 fully saturated rings. The lowest BCUT2D eigenvalue weighted by molar-refractivity contribution is -0.143. The van der Waals surface area contributed by atoms with Gasteiger partial charge < -0.3 is 15.0 Å². The molecule has 1 aromatic carbocycles. The summed E-state index contributed by atoms with van der Waals surface area (Å²) in [5, 5.41) is 3.27. The Morgan fingerprint density at radius 3 is 2.61 bits per heavy atom. The van der Waals surface area contributed by atoms with Gasteiger partial charge in [0.25, 0.3) is 0 Å². The first kappa shape index (κ1) is 22.3. The van der Waals surface area contributed by atoms with Crippen molar-refractivity contribution in [1.82, 2.24) is 15.1 Å². The molecule has 0 amide bonds. The molecule has 1 unspecified atom stereocenters. The van der Waals surface area contributed by atoms with E-state index in [1.807, 2.05) is 50.1 Å². The van der Waals surface area contributed by atoms with Crippen molar-refractivity contribution < 1.29 is 17.9 Å². The van der Waals surface area contributed by atoms with Crippen molar-refractivity contribution in [2.24, 2.45) is 10.9 Å². The molecule has 1 heterocycles. The first-order valence-corrected chi connectivity index (χ1v) is 9.81. The van der Waals surface area contributed by atoms with E-state index in [9.17, 15) is 13.2 Å². The van der Waals surface area contributed by atoms with E-state index in [2.05, 4.69) is 10.3 Å². The largest absolute Gasteiger partial charge is 0.494 e. The maximum absolute atomic E-state index is 12.5. The fourth-order valence-electron chi connectivity index (χ4n) is 3.35. The van der Waals surface area contributed by atoms with Crippen molar-refractivity contribution in [3.8, 4) is 5.75 Å². The number of benzene rings is 1. The molecule has 1 N–H and O–H groups in total. The zero-order valence-electron chi connectivity index (χ0n) is 16.9. The number of aliphatic imine (C=N–C) groups is 1. The summed E-state index contributed by atoms with van der Waals surface area (Å²) in [5.41, 5.74) is 1.13. The van der Waals surface area contributed by atoms with E-state index >= 15 is 0 Å². The fourth-order valence-corrected chi connectivity index (χ4v) is 3.35. The molecule has 1 atom stereocenters. The van der Waals surface area contributed by atoms with Crippen LogP contribution >= 0.6 is 0 Å². The second kappa shape index (κ2) is 10.5. The summed E-state index contributed by atoms with van der Waals surface area (Å²) in [6, 6.07) is 7.95. The lowest BCUT2D eigenvalue weighted by Gasteiger charge is -2.23. The van der Waals surface area contributed by atoms with Gasteiger partial charge in [-0.2, -0.15) is 13.2 Å². The summed E-state index contributed by atoms with van der Waals surface area (Å²) >= 11 is 0. The van der Waals surface area contributed by atoms with Crippen LogP contribution in [0.2, 0.25) is 0 Å². The van der Waals surface area contributed by atoms with Crippen molar-refractivity contribution in [3.05, 3.63) is 29.8 Å². The molecule has 158 valence electrons. The number of guanidine groups is 1. The van der Waals surface area contributed by atoms with Gasteiger partial charge in [0.1, 0.15) is 5.75 Å². The molecular formula is C20H31F3N4O. The van der Waals surface area contributed by atoms with E-state index in [1.54, 1.807) is 0 Å². The minimum absolute atomic E-state index is 0.162. The van der Waals surface area contributed by atoms with E-state index in [0.29, 0.717) is 32.8 Å². The van der Waals surface area contributed by atoms with Crippen molar-refractivity contribution in [3.63, 3.8) is 0 Å². The van der Waals surface area contributed by atoms with Crippen molar-refractivity contribution in [2.75, 3.05) is 46.4 Å². The number of nitrogens with zero attached hydrogens (tertiary/aromatic N) is 3. The topological polar surface area (TPSA) is 40.1 Å². The predicted octanol–water partition coefficient (Wildman–Crippen LogP) is 3.37. The lowest BCUT2D eigenvalue weighted by atomic mass is 10.1. The van der Waals surface area contributed by atoms with Gasteiger partial charge in [-0.3, -0.25) is 9.89 Å². The first-order chi connectivity index (χ1) is 13.3. The van der Waals surface area contributed by atoms with Gasteiger partial charge in [-0.1, -0.05) is 12.1 Å². The van der Waals surface area contributed by atoms with E-state index in [1.165, 1.54) is 4.90 Å². The average molecular weight is 400 g/mol. The van der Waals surface area contributed by atoms with Crippen LogP contribution in [0.15, 0.2) is 29.3 Å². The molecule has 2 rings (SSSR count). The highest BCUT2D eigenvalue weighted by molar-refractivity contribution is 5.79. The molecule has 0 radical (unpaired) electrons. The smallest absolute Gasteiger partial charge is 0.401 e. The highest BCUT2D eigenvalue weighted by atomic mass is 19.4. The van der Waals surface area contributed by atoms with Gasteiger partial charge in [-0.25, -0.2) is 0 Å². The van der Waals surface area contributed by atoms with E-state index < -0.39 is 12.7 Å². The van der Waals surface area contributed by atoms with E-state index in [0.717, 1.165) is 30.2 Å². The Kier molecular flexibility index (Phi) is 8.41. The predicted molar refractivity (Wildman–Crippen MR) is 106 cm³/mol. The van der Waals surface area contributed by atoms with Crippen LogP contribution in [-0.2, 0) is 6.54 Å². The third-order valence-electron chi connectivity index (χ3n) is 4.62. The molecule has 28 heavy (non-hydrogen) atoms. The van der Waals surface area contributed by atoms with Gasteiger partial charge in [0.05, 0.1) is 13.2 Å². The standard InChI is InChI=1S/C20H31F3N4O/c1-4-24-19(25-12-17-10-11-27(14-17)15-20(21,22)23)26(3)13-16-6-8-18(9-7-16)28-5-2/h6-9,17H,4-5,10-15H2,1-3H3,(H,24,25). The van der Waals surface area contributed by atoms with Gasteiger partial charge in [-0.15, -0.1) is 0 Å². The highest BCUT2D eigenvalue weighted by Gasteiger charge is 2.34. The molecule has 1 saturated heterocycles. The van der Waals surface area contributed by atoms with Crippen LogP contribution in [0.1, 0.15) is 25.8 Å². The zero-order valence-corrected chi connectivity index (χ0v) is 16.9. The second-order valence-corrected chi connectivity index (χ2v) is 7.13. The number of likely N-dealkylation sites (tertiary alicyclic amines) is 1. The summed E-state index contributed by atoms with van der Waals surface area (Å²) in [6.45, 7) is 6.64. The third-order valence-corrected chi connectivity index (χ3v) is 4.62. The molecule has 5 nitrogen and oxygen atoms in total. The van der Waals surface area contributed by atoms with Crippen LogP contribution in [0, 0.1) is 5.92 Å². The van der Waals surface area contributed by atoms with Crippen LogP contribution in [0.25, 0.3) is 0 Å². The number of ether oxygens (including phenoxy) is 1. The van der Waals surface area contributed by atoms with Crippen LogP contribution in [0.3, 0.4) is 0 Å². The Hall–Kier alpha value is -1.96. The average Bonchev–Trinajstić information content (AvgIpc) is 3.06. The van der Waals surface area contributed by atoms with Crippen LogP contribution in [0.4, 0.5) is 13.2 Å². The molecule has 8 heteroatoms. The molecule has 0 aromatic heterocycles. The first-order valence-electron chi connectivity index (χ1n) is 9.81. The van der Waals surface area contributed by atoms with Gasteiger partial charge in [0.2, 0.25) is 0 Å². The van der Waals surface area contributed by atoms with Crippen LogP contribution < -0.4 is 10.1 Å². The molecule has 0 spiro atoms. The number of nitrogens with one attached hydrogen (secondary N) is 1. The van der Waals surface area contributed by atoms with Gasteiger partial charge in [0, 0.05) is 33.2 Å². The van der Waals surface area contributed by atoms with Crippen molar-refractivity contribution in [1.29, 1.82) is 0 Å². The Labute approximate surface area is 165 Å². The molecular weight excluding hydrogens is 369 g/mol. The van der Waals surface area contributed by atoms with Gasteiger partial charge in [0.15, 0.2) is 5.96 Å². The second-order valence-electron chi connectivity index (χ2n) is 7.13. The number of hydrogen-bond donors (Lipinski definition) is 1. The number of hydrogen-bond acceptors (Lipinski definition) is 3. The molecule has 0 aliphatic carbocycles. The van der Waals surface area contributed by atoms with Gasteiger partial charge >= 0.3 is 6.18 Å². The fraction of sp³-hybridized carbons (Fsp3) is 0.650. The van der Waals surface area contributed by atoms with E-state index in [4.69, 9.17) is 4.74 Å². The monoisotopic (exact) mass is 400 g/mol. The minimum Gasteiger partial charge on any atom is -0.494 e. The highest BCUT2D eigenvalue weighted by Crippen LogP contribution is 2.23. The van der Waals surface area contributed by atoms with Crippen molar-refractivity contribution >= 4 is 5.96 Å². The minimum atomic E-state index is -4.13. The lowest BCUT2D eigenvalue weighted by Crippen LogP contribution is -2.39. The Bertz CT molecular complexity index is 619. The SMILES string of the molecule is CCNC(=NCC1CCN(CC(F)(F)F)C1)N(C)Cc1ccc(OCC)cc1. The normalized spacial score (nSPS) is 18.4. The molecule has 1 aromatic rings. The maximum atomic E-state index is 12.5. The Morgan fingerprint density at radius 2 is 2.00 bits per heavy atom. The number of rotatable bonds is 8. The third kappa shape index (κ3) is 7.58. The summed E-state index contributed by atoms with van der Waals surface area (Å²) in [7, 11) is 1.96. The molecule has 1 aliphatic rings. The number of halogens is 3. The summed E-state index contributed by atoms with van der Waals surface area (Å²) in [4.78, 5) is 8.17. The number of alkyl halides is 3. The quantitative estimate of drug-likeness (QED) is 0.537. The summed E-state index contributed by atoms with van der Waals surface area (Å²) < 4.78 is 43.1. The Balaban J connectivity index is 1.90. The summed E-state index contributed by atoms with van der Waals surface area (Å²) in [5.74, 6) is 1.78. The maximum Gasteiger partial charge on any atom is 0.401 e. The Morgan fingerprint density at radius 1 is 1.29 bits per heavy atom. The summed E-state index contributed by atoms with van der Waals surface area (Å²) in [6.07, 6.45) is -3.38. The zero-order chi connectivity index (χ0) is 20.6. The molecule has 1 aliphatic heterocycles. The van der Waals surface area contributed by atoms with Crippen LogP contribution in [-0.4, -0.2) is 68.3 Å². The van der Waals surface area contributed by atoms with E-state index in [-0.39, 0.29) is 5.92 Å². The molecule has 0 saturated carbocycles. The molecule has 0 bridgehead atoms. The van der Waals surface area contributed by atoms with Gasteiger partial charge in [-0.05, 0) is 50.4 Å². The van der Waals surface area contributed by atoms with Crippen LogP contribution in [0.5, 0.6) is 5.75 Å².